The molecule has 0 aromatic heterocycles. The Morgan fingerprint density at radius 2 is 2.00 bits per heavy atom. The maximum Gasteiger partial charge on any atom is 0.0462 e. The van der Waals surface area contributed by atoms with Gasteiger partial charge in [-0.15, -0.1) is 11.6 Å². The first kappa shape index (κ1) is 16.3. The van der Waals surface area contributed by atoms with E-state index in [1.807, 2.05) is 18.2 Å². The van der Waals surface area contributed by atoms with Crippen LogP contribution in [0.1, 0.15) is 32.8 Å². The van der Waals surface area contributed by atoms with Gasteiger partial charge in [0.1, 0.15) is 0 Å². The molecule has 1 aromatic rings. The lowest BCUT2D eigenvalue weighted by molar-refractivity contribution is 0.260. The minimum Gasteiger partial charge on any atom is -0.309 e. The van der Waals surface area contributed by atoms with Gasteiger partial charge in [0.05, 0.1) is 0 Å². The van der Waals surface area contributed by atoms with E-state index in [4.69, 9.17) is 23.2 Å². The van der Waals surface area contributed by atoms with Crippen molar-refractivity contribution in [2.24, 2.45) is 5.41 Å². The smallest absolute Gasteiger partial charge is 0.0462 e. The number of halogens is 3. The summed E-state index contributed by atoms with van der Waals surface area (Å²) in [4.78, 5) is 0. The van der Waals surface area contributed by atoms with Gasteiger partial charge in [-0.25, -0.2) is 0 Å². The molecule has 0 aliphatic carbocycles. The summed E-state index contributed by atoms with van der Waals surface area (Å²) in [6.07, 6.45) is 0.958. The molecule has 18 heavy (non-hydrogen) atoms. The van der Waals surface area contributed by atoms with E-state index in [0.717, 1.165) is 28.0 Å². The van der Waals surface area contributed by atoms with Crippen LogP contribution in [0.5, 0.6) is 0 Å². The lowest BCUT2D eigenvalue weighted by Gasteiger charge is -2.31. The van der Waals surface area contributed by atoms with Crippen LogP contribution in [-0.4, -0.2) is 11.9 Å². The lowest BCUT2D eigenvalue weighted by Crippen LogP contribution is -2.40. The third-order valence-corrected chi connectivity index (χ3v) is 4.06. The van der Waals surface area contributed by atoms with Crippen molar-refractivity contribution in [1.82, 2.24) is 5.32 Å². The number of alkyl halides is 1. The molecule has 102 valence electrons. The molecule has 1 N–H and O–H groups in total. The molecular weight excluding hydrogens is 333 g/mol. The maximum atomic E-state index is 6.21. The molecular formula is C14H20BrCl2N. The van der Waals surface area contributed by atoms with Crippen molar-refractivity contribution in [3.05, 3.63) is 33.3 Å². The van der Waals surface area contributed by atoms with E-state index in [0.29, 0.717) is 11.9 Å². The summed E-state index contributed by atoms with van der Waals surface area (Å²) >= 11 is 15.5. The quantitative estimate of drug-likeness (QED) is 0.715. The van der Waals surface area contributed by atoms with Crippen LogP contribution in [0.3, 0.4) is 0 Å². The fourth-order valence-corrected chi connectivity index (χ4v) is 2.81. The van der Waals surface area contributed by atoms with E-state index in [2.05, 4.69) is 42.0 Å². The van der Waals surface area contributed by atoms with Crippen LogP contribution in [0.2, 0.25) is 5.02 Å². The minimum absolute atomic E-state index is 0.191. The van der Waals surface area contributed by atoms with Crippen molar-refractivity contribution in [2.45, 2.75) is 39.8 Å². The molecule has 1 atom stereocenters. The Balaban J connectivity index is 2.67. The molecule has 1 unspecified atom stereocenters. The number of benzene rings is 1. The second-order valence-electron chi connectivity index (χ2n) is 5.51. The van der Waals surface area contributed by atoms with Gasteiger partial charge in [-0.3, -0.25) is 0 Å². The van der Waals surface area contributed by atoms with E-state index in [1.165, 1.54) is 0 Å². The van der Waals surface area contributed by atoms with Gasteiger partial charge in [-0.05, 0) is 29.5 Å². The second-order valence-corrected chi connectivity index (χ2v) is 7.21. The van der Waals surface area contributed by atoms with E-state index in [1.54, 1.807) is 0 Å². The predicted molar refractivity (Wildman–Crippen MR) is 84.6 cm³/mol. The van der Waals surface area contributed by atoms with E-state index < -0.39 is 0 Å². The molecule has 0 saturated heterocycles. The summed E-state index contributed by atoms with van der Waals surface area (Å²) in [6, 6.07) is 6.36. The number of hydrogen-bond donors (Lipinski definition) is 1. The van der Waals surface area contributed by atoms with Crippen LogP contribution < -0.4 is 5.32 Å². The third kappa shape index (κ3) is 5.08. The first-order valence-electron chi connectivity index (χ1n) is 6.08. The predicted octanol–water partition coefficient (Wildman–Crippen LogP) is 5.24. The van der Waals surface area contributed by atoms with E-state index in [-0.39, 0.29) is 5.41 Å². The van der Waals surface area contributed by atoms with Crippen molar-refractivity contribution in [1.29, 1.82) is 0 Å². The zero-order valence-corrected chi connectivity index (χ0v) is 14.2. The second kappa shape index (κ2) is 7.14. The van der Waals surface area contributed by atoms with Crippen LogP contribution in [0.4, 0.5) is 0 Å². The highest BCUT2D eigenvalue weighted by Gasteiger charge is 2.23. The first-order valence-corrected chi connectivity index (χ1v) is 7.78. The monoisotopic (exact) mass is 351 g/mol. The SMILES string of the molecule is CC(C)(C)C(CCCl)NCc1ccc(Br)cc1Cl. The van der Waals surface area contributed by atoms with Crippen LogP contribution >= 0.6 is 39.1 Å². The Morgan fingerprint density at radius 3 is 2.50 bits per heavy atom. The summed E-state index contributed by atoms with van der Waals surface area (Å²) in [5.41, 5.74) is 1.31. The standard InChI is InChI=1S/C14H20BrCl2N/c1-14(2,3)13(6-7-16)18-9-10-4-5-11(15)8-12(10)17/h4-5,8,13,18H,6-7,9H2,1-3H3. The van der Waals surface area contributed by atoms with Crippen LogP contribution in [0.25, 0.3) is 0 Å². The largest absolute Gasteiger partial charge is 0.309 e. The first-order chi connectivity index (χ1) is 8.34. The highest BCUT2D eigenvalue weighted by Crippen LogP contribution is 2.25. The van der Waals surface area contributed by atoms with Gasteiger partial charge < -0.3 is 5.32 Å². The van der Waals surface area contributed by atoms with Crippen molar-refractivity contribution in [2.75, 3.05) is 5.88 Å². The van der Waals surface area contributed by atoms with Crippen molar-refractivity contribution < 1.29 is 0 Å². The Morgan fingerprint density at radius 1 is 1.33 bits per heavy atom. The minimum atomic E-state index is 0.191. The summed E-state index contributed by atoms with van der Waals surface area (Å²) in [5, 5.41) is 4.34. The molecule has 1 rings (SSSR count). The third-order valence-electron chi connectivity index (χ3n) is 3.00. The summed E-state index contributed by atoms with van der Waals surface area (Å²) in [7, 11) is 0. The van der Waals surface area contributed by atoms with Crippen LogP contribution in [-0.2, 0) is 6.54 Å². The van der Waals surface area contributed by atoms with Gasteiger partial charge in [0.15, 0.2) is 0 Å². The number of nitrogens with one attached hydrogen (secondary N) is 1. The zero-order valence-electron chi connectivity index (χ0n) is 11.1. The van der Waals surface area contributed by atoms with Gasteiger partial charge in [0.25, 0.3) is 0 Å². The highest BCUT2D eigenvalue weighted by atomic mass is 79.9. The van der Waals surface area contributed by atoms with Gasteiger partial charge in [0, 0.05) is 28.0 Å². The Labute approximate surface area is 128 Å². The van der Waals surface area contributed by atoms with Crippen molar-refractivity contribution >= 4 is 39.1 Å². The van der Waals surface area contributed by atoms with E-state index in [9.17, 15) is 0 Å². The Kier molecular flexibility index (Phi) is 6.46. The molecule has 0 radical (unpaired) electrons. The molecule has 0 spiro atoms. The van der Waals surface area contributed by atoms with Crippen molar-refractivity contribution in [3.63, 3.8) is 0 Å². The maximum absolute atomic E-state index is 6.21. The molecule has 0 aliphatic heterocycles. The Bertz CT molecular complexity index is 388. The molecule has 0 aliphatic rings. The molecule has 1 aromatic carbocycles. The summed E-state index contributed by atoms with van der Waals surface area (Å²) in [5.74, 6) is 0.670. The average molecular weight is 353 g/mol. The number of rotatable bonds is 5. The van der Waals surface area contributed by atoms with Gasteiger partial charge >= 0.3 is 0 Å². The number of hydrogen-bond acceptors (Lipinski definition) is 1. The Hall–Kier alpha value is 0.240. The summed E-state index contributed by atoms with van der Waals surface area (Å²) < 4.78 is 1.00. The normalized spacial score (nSPS) is 13.7. The molecule has 0 bridgehead atoms. The lowest BCUT2D eigenvalue weighted by atomic mass is 9.85. The van der Waals surface area contributed by atoms with Gasteiger partial charge in [-0.1, -0.05) is 54.4 Å². The zero-order chi connectivity index (χ0) is 13.8. The molecule has 0 saturated carbocycles. The van der Waals surface area contributed by atoms with Crippen LogP contribution in [0, 0.1) is 5.41 Å². The van der Waals surface area contributed by atoms with Gasteiger partial charge in [-0.2, -0.15) is 0 Å². The molecule has 0 fully saturated rings. The molecule has 0 heterocycles. The fourth-order valence-electron chi connectivity index (χ4n) is 1.85. The average Bonchev–Trinajstić information content (AvgIpc) is 2.24. The van der Waals surface area contributed by atoms with Crippen molar-refractivity contribution in [3.8, 4) is 0 Å². The van der Waals surface area contributed by atoms with Gasteiger partial charge in [0.2, 0.25) is 0 Å². The topological polar surface area (TPSA) is 12.0 Å². The van der Waals surface area contributed by atoms with E-state index >= 15 is 0 Å². The molecule has 0 amide bonds. The fraction of sp³-hybridized carbons (Fsp3) is 0.571. The molecule has 1 nitrogen and oxygen atoms in total. The van der Waals surface area contributed by atoms with Crippen LogP contribution in [0.15, 0.2) is 22.7 Å². The highest BCUT2D eigenvalue weighted by molar-refractivity contribution is 9.10. The molecule has 4 heteroatoms. The summed E-state index contributed by atoms with van der Waals surface area (Å²) in [6.45, 7) is 7.44.